The molecular formula is C8H8ClNO2. The van der Waals surface area contributed by atoms with Gasteiger partial charge >= 0.3 is 0 Å². The lowest BCUT2D eigenvalue weighted by Crippen LogP contribution is -2.20. The van der Waals surface area contributed by atoms with E-state index in [9.17, 15) is 9.90 Å². The summed E-state index contributed by atoms with van der Waals surface area (Å²) in [6.07, 6.45) is -1.25. The molecule has 0 fully saturated rings. The van der Waals surface area contributed by atoms with Crippen LogP contribution in [0, 0.1) is 0 Å². The fourth-order valence-electron chi connectivity index (χ4n) is 0.809. The van der Waals surface area contributed by atoms with Crippen LogP contribution < -0.4 is 5.73 Å². The van der Waals surface area contributed by atoms with Crippen molar-refractivity contribution in [1.29, 1.82) is 0 Å². The zero-order valence-corrected chi connectivity index (χ0v) is 6.95. The minimum Gasteiger partial charge on any atom is -0.378 e. The SMILES string of the molecule is NC(=O)[C@@H](O)c1ccc(Cl)cc1. The third-order valence-electron chi connectivity index (χ3n) is 1.46. The molecule has 0 bridgehead atoms. The van der Waals surface area contributed by atoms with Crippen LogP contribution in [0.2, 0.25) is 5.02 Å². The molecule has 0 aromatic heterocycles. The van der Waals surface area contributed by atoms with Gasteiger partial charge in [-0.2, -0.15) is 0 Å². The monoisotopic (exact) mass is 185 g/mol. The number of aliphatic hydroxyl groups excluding tert-OH is 1. The Hall–Kier alpha value is -1.06. The molecule has 0 saturated heterocycles. The van der Waals surface area contributed by atoms with Gasteiger partial charge in [0.1, 0.15) is 0 Å². The summed E-state index contributed by atoms with van der Waals surface area (Å²) < 4.78 is 0. The predicted molar refractivity (Wildman–Crippen MR) is 45.6 cm³/mol. The number of nitrogens with two attached hydrogens (primary N) is 1. The number of benzene rings is 1. The number of rotatable bonds is 2. The zero-order chi connectivity index (χ0) is 9.14. The summed E-state index contributed by atoms with van der Waals surface area (Å²) in [5.41, 5.74) is 5.33. The molecule has 3 nitrogen and oxygen atoms in total. The van der Waals surface area contributed by atoms with Crippen LogP contribution in [-0.4, -0.2) is 11.0 Å². The smallest absolute Gasteiger partial charge is 0.250 e. The molecule has 12 heavy (non-hydrogen) atoms. The van der Waals surface area contributed by atoms with E-state index >= 15 is 0 Å². The molecule has 1 aromatic carbocycles. The van der Waals surface area contributed by atoms with Gasteiger partial charge < -0.3 is 10.8 Å². The number of hydrogen-bond donors (Lipinski definition) is 2. The van der Waals surface area contributed by atoms with Crippen LogP contribution in [0.3, 0.4) is 0 Å². The summed E-state index contributed by atoms with van der Waals surface area (Å²) in [4.78, 5) is 10.5. The summed E-state index contributed by atoms with van der Waals surface area (Å²) in [6, 6.07) is 6.28. The maximum absolute atomic E-state index is 10.5. The Morgan fingerprint density at radius 2 is 1.92 bits per heavy atom. The van der Waals surface area contributed by atoms with E-state index < -0.39 is 12.0 Å². The number of aliphatic hydroxyl groups is 1. The minimum absolute atomic E-state index is 0.451. The van der Waals surface area contributed by atoms with E-state index in [-0.39, 0.29) is 0 Å². The Kier molecular flexibility index (Phi) is 2.68. The van der Waals surface area contributed by atoms with Crippen molar-refractivity contribution in [3.05, 3.63) is 34.9 Å². The first kappa shape index (κ1) is 9.03. The van der Waals surface area contributed by atoms with Gasteiger partial charge in [-0.25, -0.2) is 0 Å². The molecule has 0 aliphatic rings. The van der Waals surface area contributed by atoms with Gasteiger partial charge in [-0.1, -0.05) is 23.7 Å². The average molecular weight is 186 g/mol. The van der Waals surface area contributed by atoms with Crippen LogP contribution in [0.4, 0.5) is 0 Å². The summed E-state index contributed by atoms with van der Waals surface area (Å²) >= 11 is 5.60. The van der Waals surface area contributed by atoms with E-state index in [0.717, 1.165) is 0 Å². The Morgan fingerprint density at radius 3 is 2.33 bits per heavy atom. The standard InChI is InChI=1S/C8H8ClNO2/c9-6-3-1-5(2-4-6)7(11)8(10)12/h1-4,7,11H,(H2,10,12)/t7-/m0/s1. The van der Waals surface area contributed by atoms with Gasteiger partial charge in [0.25, 0.3) is 5.91 Å². The van der Waals surface area contributed by atoms with Crippen molar-refractivity contribution in [2.24, 2.45) is 5.73 Å². The van der Waals surface area contributed by atoms with Crippen molar-refractivity contribution in [3.8, 4) is 0 Å². The van der Waals surface area contributed by atoms with E-state index in [1.54, 1.807) is 24.3 Å². The largest absolute Gasteiger partial charge is 0.378 e. The molecule has 4 heteroatoms. The number of carbonyl (C=O) groups excluding carboxylic acids is 1. The van der Waals surface area contributed by atoms with Gasteiger partial charge in [0.05, 0.1) is 0 Å². The summed E-state index contributed by atoms with van der Waals surface area (Å²) in [5, 5.41) is 9.72. The van der Waals surface area contributed by atoms with E-state index in [1.807, 2.05) is 0 Å². The molecule has 1 rings (SSSR count). The molecule has 64 valence electrons. The first-order chi connectivity index (χ1) is 5.61. The Morgan fingerprint density at radius 1 is 1.42 bits per heavy atom. The number of primary amides is 1. The first-order valence-corrected chi connectivity index (χ1v) is 3.72. The van der Waals surface area contributed by atoms with Gasteiger partial charge in [0.2, 0.25) is 0 Å². The molecule has 1 amide bonds. The van der Waals surface area contributed by atoms with Crippen LogP contribution in [0.25, 0.3) is 0 Å². The average Bonchev–Trinajstić information content (AvgIpc) is 2.04. The number of hydrogen-bond acceptors (Lipinski definition) is 2. The van der Waals surface area contributed by atoms with E-state index in [0.29, 0.717) is 10.6 Å². The van der Waals surface area contributed by atoms with Gasteiger partial charge in [0.15, 0.2) is 6.10 Å². The molecule has 0 heterocycles. The second-order valence-corrected chi connectivity index (χ2v) is 2.79. The highest BCUT2D eigenvalue weighted by atomic mass is 35.5. The molecule has 1 aromatic rings. The van der Waals surface area contributed by atoms with E-state index in [4.69, 9.17) is 17.3 Å². The lowest BCUT2D eigenvalue weighted by Gasteiger charge is -2.05. The second-order valence-electron chi connectivity index (χ2n) is 2.36. The number of carbonyl (C=O) groups is 1. The lowest BCUT2D eigenvalue weighted by atomic mass is 10.1. The molecule has 0 aliphatic carbocycles. The summed E-state index contributed by atoms with van der Waals surface area (Å²) in [6.45, 7) is 0. The molecule has 0 unspecified atom stereocenters. The van der Waals surface area contributed by atoms with Crippen molar-refractivity contribution >= 4 is 17.5 Å². The van der Waals surface area contributed by atoms with Crippen molar-refractivity contribution in [3.63, 3.8) is 0 Å². The topological polar surface area (TPSA) is 63.3 Å². The molecule has 1 atom stereocenters. The maximum Gasteiger partial charge on any atom is 0.250 e. The first-order valence-electron chi connectivity index (χ1n) is 3.34. The number of halogens is 1. The Labute approximate surface area is 74.8 Å². The highest BCUT2D eigenvalue weighted by Crippen LogP contribution is 2.15. The van der Waals surface area contributed by atoms with Gasteiger partial charge in [-0.15, -0.1) is 0 Å². The van der Waals surface area contributed by atoms with Crippen LogP contribution in [0.15, 0.2) is 24.3 Å². The molecule has 0 aliphatic heterocycles. The lowest BCUT2D eigenvalue weighted by molar-refractivity contribution is -0.126. The summed E-state index contributed by atoms with van der Waals surface area (Å²) in [7, 11) is 0. The van der Waals surface area contributed by atoms with E-state index in [1.165, 1.54) is 0 Å². The predicted octanol–water partition coefficient (Wildman–Crippen LogP) is 0.859. The van der Waals surface area contributed by atoms with Crippen LogP contribution in [-0.2, 0) is 4.79 Å². The second kappa shape index (κ2) is 3.56. The highest BCUT2D eigenvalue weighted by Gasteiger charge is 2.12. The van der Waals surface area contributed by atoms with Gasteiger partial charge in [0, 0.05) is 5.02 Å². The number of amides is 1. The van der Waals surface area contributed by atoms with Gasteiger partial charge in [-0.05, 0) is 17.7 Å². The quantitative estimate of drug-likeness (QED) is 0.718. The zero-order valence-electron chi connectivity index (χ0n) is 6.20. The fourth-order valence-corrected chi connectivity index (χ4v) is 0.935. The van der Waals surface area contributed by atoms with Crippen molar-refractivity contribution in [2.75, 3.05) is 0 Å². The highest BCUT2D eigenvalue weighted by molar-refractivity contribution is 6.30. The van der Waals surface area contributed by atoms with Crippen molar-refractivity contribution < 1.29 is 9.90 Å². The molecule has 0 radical (unpaired) electrons. The Bertz CT molecular complexity index is 284. The molecular weight excluding hydrogens is 178 g/mol. The van der Waals surface area contributed by atoms with E-state index in [2.05, 4.69) is 0 Å². The van der Waals surface area contributed by atoms with Crippen molar-refractivity contribution in [2.45, 2.75) is 6.10 Å². The minimum atomic E-state index is -1.25. The van der Waals surface area contributed by atoms with Crippen LogP contribution >= 0.6 is 11.6 Å². The van der Waals surface area contributed by atoms with Gasteiger partial charge in [-0.3, -0.25) is 4.79 Å². The molecule has 3 N–H and O–H groups in total. The normalized spacial score (nSPS) is 12.5. The Balaban J connectivity index is 2.89. The molecule has 0 saturated carbocycles. The summed E-state index contributed by atoms with van der Waals surface area (Å²) in [5.74, 6) is -0.766. The third-order valence-corrected chi connectivity index (χ3v) is 1.71. The third kappa shape index (κ3) is 1.96. The molecule has 0 spiro atoms. The van der Waals surface area contributed by atoms with Crippen molar-refractivity contribution in [1.82, 2.24) is 0 Å². The fraction of sp³-hybridized carbons (Fsp3) is 0.125. The van der Waals surface area contributed by atoms with Crippen LogP contribution in [0.5, 0.6) is 0 Å². The maximum atomic E-state index is 10.5. The van der Waals surface area contributed by atoms with Crippen LogP contribution in [0.1, 0.15) is 11.7 Å².